The topological polar surface area (TPSA) is 50.1 Å². The van der Waals surface area contributed by atoms with Gasteiger partial charge in [-0.05, 0) is 50.2 Å². The van der Waals surface area contributed by atoms with E-state index >= 15 is 0 Å². The Bertz CT molecular complexity index is 991. The van der Waals surface area contributed by atoms with Gasteiger partial charge in [-0.2, -0.15) is 0 Å². The lowest BCUT2D eigenvalue weighted by atomic mass is 10.1. The second-order valence-corrected chi connectivity index (χ2v) is 8.25. The van der Waals surface area contributed by atoms with Gasteiger partial charge in [0.05, 0.1) is 11.9 Å². The van der Waals surface area contributed by atoms with Gasteiger partial charge in [-0.15, -0.1) is 0 Å². The summed E-state index contributed by atoms with van der Waals surface area (Å²) in [6.07, 6.45) is 3.96. The van der Waals surface area contributed by atoms with Crippen molar-refractivity contribution < 1.29 is 9.53 Å². The highest BCUT2D eigenvalue weighted by Crippen LogP contribution is 2.23. The molecule has 0 N–H and O–H groups in total. The van der Waals surface area contributed by atoms with Crippen molar-refractivity contribution in [2.24, 2.45) is 0 Å². The van der Waals surface area contributed by atoms with Crippen LogP contribution in [0.1, 0.15) is 19.5 Å². The van der Waals surface area contributed by atoms with Crippen LogP contribution in [0.3, 0.4) is 0 Å². The van der Waals surface area contributed by atoms with Crippen LogP contribution < -0.4 is 4.74 Å². The SMILES string of the molecule is CC(C)(Oc1ccc(Cl)cc1)C(=O)N1CCN(Cc2cnc3ccccn23)CC1. The minimum absolute atomic E-state index is 0.00176. The number of imidazole rings is 1. The number of pyridine rings is 1. The second-order valence-electron chi connectivity index (χ2n) is 7.81. The molecule has 0 radical (unpaired) electrons. The summed E-state index contributed by atoms with van der Waals surface area (Å²) in [6, 6.07) is 13.1. The molecule has 0 saturated carbocycles. The quantitative estimate of drug-likeness (QED) is 0.643. The molecule has 7 heteroatoms. The van der Waals surface area contributed by atoms with E-state index < -0.39 is 5.60 Å². The Hall–Kier alpha value is -2.57. The van der Waals surface area contributed by atoms with Gasteiger partial charge in [-0.1, -0.05) is 17.7 Å². The van der Waals surface area contributed by atoms with Crippen LogP contribution in [0, 0.1) is 0 Å². The van der Waals surface area contributed by atoms with Crippen molar-refractivity contribution in [3.63, 3.8) is 0 Å². The van der Waals surface area contributed by atoms with E-state index in [0.717, 1.165) is 31.0 Å². The molecule has 1 aromatic carbocycles. The third kappa shape index (κ3) is 4.38. The molecule has 1 saturated heterocycles. The first-order valence-electron chi connectivity index (χ1n) is 9.80. The third-order valence-corrected chi connectivity index (χ3v) is 5.49. The van der Waals surface area contributed by atoms with Crippen molar-refractivity contribution in [3.05, 3.63) is 65.6 Å². The molecule has 2 aromatic heterocycles. The number of piperazine rings is 1. The molecule has 1 aliphatic rings. The highest BCUT2D eigenvalue weighted by Gasteiger charge is 2.35. The van der Waals surface area contributed by atoms with Crippen LogP contribution in [0.15, 0.2) is 54.9 Å². The average molecular weight is 413 g/mol. The fourth-order valence-corrected chi connectivity index (χ4v) is 3.79. The average Bonchev–Trinajstić information content (AvgIpc) is 3.13. The molecule has 0 spiro atoms. The molecule has 1 aliphatic heterocycles. The van der Waals surface area contributed by atoms with Crippen molar-refractivity contribution in [2.75, 3.05) is 26.2 Å². The zero-order valence-corrected chi connectivity index (χ0v) is 17.5. The van der Waals surface area contributed by atoms with Crippen molar-refractivity contribution >= 4 is 23.2 Å². The number of ether oxygens (including phenoxy) is 1. The lowest BCUT2D eigenvalue weighted by Crippen LogP contribution is -2.55. The van der Waals surface area contributed by atoms with Crippen molar-refractivity contribution in [3.8, 4) is 5.75 Å². The minimum Gasteiger partial charge on any atom is -0.478 e. The Morgan fingerprint density at radius 3 is 2.55 bits per heavy atom. The third-order valence-electron chi connectivity index (χ3n) is 5.24. The molecule has 0 aliphatic carbocycles. The lowest BCUT2D eigenvalue weighted by molar-refractivity contribution is -0.147. The van der Waals surface area contributed by atoms with Crippen molar-refractivity contribution in [1.82, 2.24) is 19.2 Å². The molecule has 4 rings (SSSR count). The standard InChI is InChI=1S/C22H25ClN4O2/c1-22(2,29-19-8-6-17(23)7-9-19)21(28)26-13-11-25(12-14-26)16-18-15-24-20-5-3-4-10-27(18)20/h3-10,15H,11-14,16H2,1-2H3. The van der Waals surface area contributed by atoms with E-state index in [0.29, 0.717) is 23.9 Å². The number of carbonyl (C=O) groups is 1. The summed E-state index contributed by atoms with van der Waals surface area (Å²) >= 11 is 5.92. The van der Waals surface area contributed by atoms with Crippen LogP contribution in [0.2, 0.25) is 5.02 Å². The Morgan fingerprint density at radius 2 is 1.83 bits per heavy atom. The Balaban J connectivity index is 1.34. The maximum absolute atomic E-state index is 13.0. The first-order valence-corrected chi connectivity index (χ1v) is 10.2. The van der Waals surface area contributed by atoms with Crippen LogP contribution in [0.25, 0.3) is 5.65 Å². The fourth-order valence-electron chi connectivity index (χ4n) is 3.66. The number of fused-ring (bicyclic) bond motifs is 1. The predicted molar refractivity (Wildman–Crippen MR) is 113 cm³/mol. The number of amides is 1. The molecule has 1 amide bonds. The zero-order chi connectivity index (χ0) is 20.4. The molecule has 1 fully saturated rings. The van der Waals surface area contributed by atoms with E-state index in [2.05, 4.69) is 14.3 Å². The minimum atomic E-state index is -0.933. The van der Waals surface area contributed by atoms with Crippen LogP contribution in [-0.4, -0.2) is 56.9 Å². The van der Waals surface area contributed by atoms with E-state index in [4.69, 9.17) is 16.3 Å². The first-order chi connectivity index (χ1) is 13.9. The van der Waals surface area contributed by atoms with Gasteiger partial charge in [0, 0.05) is 43.9 Å². The van der Waals surface area contributed by atoms with Crippen LogP contribution >= 0.6 is 11.6 Å². The van der Waals surface area contributed by atoms with Crippen LogP contribution in [0.4, 0.5) is 0 Å². The normalized spacial score (nSPS) is 15.6. The number of hydrogen-bond donors (Lipinski definition) is 0. The summed E-state index contributed by atoms with van der Waals surface area (Å²) in [5, 5.41) is 0.642. The predicted octanol–water partition coefficient (Wildman–Crippen LogP) is 3.49. The molecule has 0 atom stereocenters. The summed E-state index contributed by atoms with van der Waals surface area (Å²) in [5.41, 5.74) is 1.18. The molecule has 6 nitrogen and oxygen atoms in total. The van der Waals surface area contributed by atoms with E-state index in [-0.39, 0.29) is 5.91 Å². The number of benzene rings is 1. The fraction of sp³-hybridized carbons (Fsp3) is 0.364. The number of aromatic nitrogens is 2. The number of halogens is 1. The van der Waals surface area contributed by atoms with Gasteiger partial charge in [0.1, 0.15) is 11.4 Å². The zero-order valence-electron chi connectivity index (χ0n) is 16.7. The van der Waals surface area contributed by atoms with E-state index in [1.165, 1.54) is 0 Å². The Morgan fingerprint density at radius 1 is 1.10 bits per heavy atom. The van der Waals surface area contributed by atoms with Gasteiger partial charge >= 0.3 is 0 Å². The second kappa shape index (κ2) is 8.05. The van der Waals surface area contributed by atoms with E-state index in [1.54, 1.807) is 24.3 Å². The van der Waals surface area contributed by atoms with Crippen molar-refractivity contribution in [1.29, 1.82) is 0 Å². The van der Waals surface area contributed by atoms with Crippen LogP contribution in [0.5, 0.6) is 5.75 Å². The largest absolute Gasteiger partial charge is 0.478 e. The molecule has 3 aromatic rings. The molecular weight excluding hydrogens is 388 g/mol. The maximum Gasteiger partial charge on any atom is 0.266 e. The summed E-state index contributed by atoms with van der Waals surface area (Å²) in [7, 11) is 0. The highest BCUT2D eigenvalue weighted by molar-refractivity contribution is 6.30. The van der Waals surface area contributed by atoms with Crippen molar-refractivity contribution in [2.45, 2.75) is 26.0 Å². The van der Waals surface area contributed by atoms with Crippen LogP contribution in [-0.2, 0) is 11.3 Å². The molecule has 0 unspecified atom stereocenters. The Labute approximate surface area is 175 Å². The number of carbonyl (C=O) groups excluding carboxylic acids is 1. The smallest absolute Gasteiger partial charge is 0.266 e. The number of nitrogens with zero attached hydrogens (tertiary/aromatic N) is 4. The van der Waals surface area contributed by atoms with E-state index in [1.807, 2.05) is 49.3 Å². The molecule has 3 heterocycles. The monoisotopic (exact) mass is 412 g/mol. The summed E-state index contributed by atoms with van der Waals surface area (Å²) < 4.78 is 8.07. The van der Waals surface area contributed by atoms with Gasteiger partial charge in [-0.3, -0.25) is 9.69 Å². The molecular formula is C22H25ClN4O2. The Kier molecular flexibility index (Phi) is 5.48. The van der Waals surface area contributed by atoms with Gasteiger partial charge in [-0.25, -0.2) is 4.98 Å². The summed E-state index contributed by atoms with van der Waals surface area (Å²) in [4.78, 5) is 21.7. The van der Waals surface area contributed by atoms with Gasteiger partial charge < -0.3 is 14.0 Å². The van der Waals surface area contributed by atoms with Gasteiger partial charge in [0.25, 0.3) is 5.91 Å². The maximum atomic E-state index is 13.0. The summed E-state index contributed by atoms with van der Waals surface area (Å²) in [6.45, 7) is 7.46. The lowest BCUT2D eigenvalue weighted by Gasteiger charge is -2.38. The summed E-state index contributed by atoms with van der Waals surface area (Å²) in [5.74, 6) is 0.640. The molecule has 29 heavy (non-hydrogen) atoms. The number of rotatable bonds is 5. The van der Waals surface area contributed by atoms with Gasteiger partial charge in [0.15, 0.2) is 5.60 Å². The number of hydrogen-bond acceptors (Lipinski definition) is 4. The first kappa shape index (κ1) is 19.7. The molecule has 152 valence electrons. The highest BCUT2D eigenvalue weighted by atomic mass is 35.5. The van der Waals surface area contributed by atoms with E-state index in [9.17, 15) is 4.79 Å². The molecule has 0 bridgehead atoms. The van der Waals surface area contributed by atoms with Gasteiger partial charge in [0.2, 0.25) is 0 Å².